The van der Waals surface area contributed by atoms with Gasteiger partial charge in [-0.3, -0.25) is 4.79 Å². The summed E-state index contributed by atoms with van der Waals surface area (Å²) in [7, 11) is 0. The predicted molar refractivity (Wildman–Crippen MR) is 89.2 cm³/mol. The van der Waals surface area contributed by atoms with Gasteiger partial charge in [0.25, 0.3) is 5.91 Å². The van der Waals surface area contributed by atoms with Crippen LogP contribution in [0.2, 0.25) is 0 Å². The number of carbonyl (C=O) groups is 1. The lowest BCUT2D eigenvalue weighted by molar-refractivity contribution is 0.102. The van der Waals surface area contributed by atoms with Gasteiger partial charge in [0.1, 0.15) is 0 Å². The fraction of sp³-hybridized carbons (Fsp3) is 0.353. The molecular weight excluding hydrogens is 276 g/mol. The van der Waals surface area contributed by atoms with E-state index in [1.807, 2.05) is 24.3 Å². The largest absolute Gasteiger partial charge is 0.354 e. The van der Waals surface area contributed by atoms with E-state index in [4.69, 9.17) is 0 Å². The fourth-order valence-electron chi connectivity index (χ4n) is 1.94. The average molecular weight is 298 g/mol. The lowest BCUT2D eigenvalue weighted by Crippen LogP contribution is -2.13. The van der Waals surface area contributed by atoms with Crippen molar-refractivity contribution >= 4 is 17.5 Å². The van der Waals surface area contributed by atoms with Crippen LogP contribution >= 0.6 is 0 Å². The third-order valence-corrected chi connectivity index (χ3v) is 3.35. The maximum atomic E-state index is 12.1. The molecule has 0 atom stereocenters. The number of anilines is 2. The van der Waals surface area contributed by atoms with Gasteiger partial charge in [0.2, 0.25) is 5.95 Å². The van der Waals surface area contributed by atoms with E-state index in [9.17, 15) is 4.79 Å². The van der Waals surface area contributed by atoms with E-state index in [1.165, 1.54) is 18.0 Å². The lowest BCUT2D eigenvalue weighted by Gasteiger charge is -2.07. The first kappa shape index (κ1) is 15.9. The number of carbonyl (C=O) groups excluding carboxylic acids is 1. The van der Waals surface area contributed by atoms with Crippen LogP contribution in [0.25, 0.3) is 0 Å². The summed E-state index contributed by atoms with van der Waals surface area (Å²) in [6.07, 6.45) is 6.24. The van der Waals surface area contributed by atoms with Crippen LogP contribution in [-0.2, 0) is 6.42 Å². The molecule has 116 valence electrons. The molecule has 2 N–H and O–H groups in total. The Balaban J connectivity index is 1.94. The maximum Gasteiger partial charge on any atom is 0.258 e. The Morgan fingerprint density at radius 2 is 1.77 bits per heavy atom. The van der Waals surface area contributed by atoms with Crippen molar-refractivity contribution < 1.29 is 4.79 Å². The Morgan fingerprint density at radius 1 is 1.09 bits per heavy atom. The molecule has 1 heterocycles. The van der Waals surface area contributed by atoms with Crippen LogP contribution in [0, 0.1) is 0 Å². The molecule has 1 aromatic heterocycles. The van der Waals surface area contributed by atoms with Crippen LogP contribution in [0.1, 0.15) is 42.6 Å². The number of nitrogens with zero attached hydrogens (tertiary/aromatic N) is 2. The fourth-order valence-corrected chi connectivity index (χ4v) is 1.94. The molecule has 22 heavy (non-hydrogen) atoms. The molecule has 0 unspecified atom stereocenters. The zero-order valence-electron chi connectivity index (χ0n) is 13.1. The molecule has 0 bridgehead atoms. The highest BCUT2D eigenvalue weighted by atomic mass is 16.1. The van der Waals surface area contributed by atoms with Gasteiger partial charge in [0.05, 0.1) is 5.56 Å². The van der Waals surface area contributed by atoms with Crippen LogP contribution in [-0.4, -0.2) is 22.4 Å². The number of aromatic nitrogens is 2. The molecule has 0 aliphatic rings. The molecule has 0 saturated heterocycles. The zero-order chi connectivity index (χ0) is 15.8. The summed E-state index contributed by atoms with van der Waals surface area (Å²) in [6, 6.07) is 7.82. The van der Waals surface area contributed by atoms with Gasteiger partial charge in [-0.1, -0.05) is 32.4 Å². The first-order valence-corrected chi connectivity index (χ1v) is 7.69. The maximum absolute atomic E-state index is 12.1. The summed E-state index contributed by atoms with van der Waals surface area (Å²) >= 11 is 0. The molecule has 0 radical (unpaired) electrons. The van der Waals surface area contributed by atoms with Crippen molar-refractivity contribution in [1.29, 1.82) is 0 Å². The Labute approximate surface area is 131 Å². The standard InChI is InChI=1S/C17H22N4O/c1-3-5-10-18-17-19-11-14(12-20-17)16(22)21-15-8-6-13(4-2)7-9-15/h6-9,11-12H,3-5,10H2,1-2H3,(H,21,22)(H,18,19,20). The molecule has 0 fully saturated rings. The van der Waals surface area contributed by atoms with Crippen molar-refractivity contribution in [3.8, 4) is 0 Å². The van der Waals surface area contributed by atoms with Crippen LogP contribution < -0.4 is 10.6 Å². The normalized spacial score (nSPS) is 10.3. The van der Waals surface area contributed by atoms with Gasteiger partial charge in [-0.05, 0) is 30.5 Å². The van der Waals surface area contributed by atoms with E-state index in [-0.39, 0.29) is 5.91 Å². The second kappa shape index (κ2) is 8.12. The van der Waals surface area contributed by atoms with Crippen LogP contribution in [0.15, 0.2) is 36.7 Å². The first-order chi connectivity index (χ1) is 10.7. The Kier molecular flexibility index (Phi) is 5.89. The molecule has 1 amide bonds. The first-order valence-electron chi connectivity index (χ1n) is 7.69. The van der Waals surface area contributed by atoms with E-state index in [1.54, 1.807) is 0 Å². The van der Waals surface area contributed by atoms with Gasteiger partial charge in [0.15, 0.2) is 0 Å². The second-order valence-electron chi connectivity index (χ2n) is 5.08. The molecule has 0 spiro atoms. The molecule has 5 heteroatoms. The Morgan fingerprint density at radius 3 is 2.36 bits per heavy atom. The van der Waals surface area contributed by atoms with Crippen LogP contribution in [0.3, 0.4) is 0 Å². The highest BCUT2D eigenvalue weighted by molar-refractivity contribution is 6.03. The zero-order valence-corrected chi connectivity index (χ0v) is 13.1. The Bertz CT molecular complexity index is 593. The average Bonchev–Trinajstić information content (AvgIpc) is 2.56. The van der Waals surface area contributed by atoms with Crippen molar-refractivity contribution in [1.82, 2.24) is 9.97 Å². The molecule has 1 aromatic carbocycles. The number of hydrogen-bond acceptors (Lipinski definition) is 4. The van der Waals surface area contributed by atoms with Gasteiger partial charge in [0, 0.05) is 24.6 Å². The molecule has 0 aliphatic carbocycles. The molecule has 2 aromatic rings. The number of nitrogens with one attached hydrogen (secondary N) is 2. The summed E-state index contributed by atoms with van der Waals surface area (Å²) in [5.41, 5.74) is 2.46. The predicted octanol–water partition coefficient (Wildman–Crippen LogP) is 3.50. The van der Waals surface area contributed by atoms with Crippen LogP contribution in [0.5, 0.6) is 0 Å². The lowest BCUT2D eigenvalue weighted by atomic mass is 10.1. The van der Waals surface area contributed by atoms with Crippen LogP contribution in [0.4, 0.5) is 11.6 Å². The van der Waals surface area contributed by atoms with E-state index in [0.717, 1.165) is 31.5 Å². The summed E-state index contributed by atoms with van der Waals surface area (Å²) in [6.45, 7) is 5.07. The second-order valence-corrected chi connectivity index (χ2v) is 5.08. The van der Waals surface area contributed by atoms with Gasteiger partial charge in [-0.15, -0.1) is 0 Å². The van der Waals surface area contributed by atoms with Gasteiger partial charge in [-0.2, -0.15) is 0 Å². The van der Waals surface area contributed by atoms with E-state index >= 15 is 0 Å². The van der Waals surface area contributed by atoms with Gasteiger partial charge >= 0.3 is 0 Å². The molecule has 0 saturated carbocycles. The molecule has 0 aliphatic heterocycles. The highest BCUT2D eigenvalue weighted by Gasteiger charge is 2.07. The monoisotopic (exact) mass is 298 g/mol. The summed E-state index contributed by atoms with van der Waals surface area (Å²) in [5, 5.41) is 5.96. The van der Waals surface area contributed by atoms with E-state index < -0.39 is 0 Å². The topological polar surface area (TPSA) is 66.9 Å². The Hall–Kier alpha value is -2.43. The molecule has 2 rings (SSSR count). The number of benzene rings is 1. The summed E-state index contributed by atoms with van der Waals surface area (Å²) in [4.78, 5) is 20.4. The number of hydrogen-bond donors (Lipinski definition) is 2. The number of rotatable bonds is 7. The highest BCUT2D eigenvalue weighted by Crippen LogP contribution is 2.11. The van der Waals surface area contributed by atoms with Crippen molar-refractivity contribution in [2.24, 2.45) is 0 Å². The number of unbranched alkanes of at least 4 members (excludes halogenated alkanes) is 1. The van der Waals surface area contributed by atoms with Crippen molar-refractivity contribution in [2.75, 3.05) is 17.2 Å². The quantitative estimate of drug-likeness (QED) is 0.768. The minimum atomic E-state index is -0.204. The smallest absolute Gasteiger partial charge is 0.258 e. The third-order valence-electron chi connectivity index (χ3n) is 3.35. The summed E-state index contributed by atoms with van der Waals surface area (Å²) in [5.74, 6) is 0.349. The molecule has 5 nitrogen and oxygen atoms in total. The number of aryl methyl sites for hydroxylation is 1. The van der Waals surface area contributed by atoms with Crippen molar-refractivity contribution in [3.05, 3.63) is 47.8 Å². The van der Waals surface area contributed by atoms with Gasteiger partial charge in [-0.25, -0.2) is 9.97 Å². The van der Waals surface area contributed by atoms with E-state index in [0.29, 0.717) is 11.5 Å². The third kappa shape index (κ3) is 4.55. The van der Waals surface area contributed by atoms with Crippen molar-refractivity contribution in [2.45, 2.75) is 33.1 Å². The summed E-state index contributed by atoms with van der Waals surface area (Å²) < 4.78 is 0. The minimum absolute atomic E-state index is 0.204. The minimum Gasteiger partial charge on any atom is -0.354 e. The van der Waals surface area contributed by atoms with Gasteiger partial charge < -0.3 is 10.6 Å². The van der Waals surface area contributed by atoms with E-state index in [2.05, 4.69) is 34.4 Å². The SMILES string of the molecule is CCCCNc1ncc(C(=O)Nc2ccc(CC)cc2)cn1. The number of amides is 1. The molecular formula is C17H22N4O. The van der Waals surface area contributed by atoms with Crippen molar-refractivity contribution in [3.63, 3.8) is 0 Å².